The summed E-state index contributed by atoms with van der Waals surface area (Å²) in [5, 5.41) is 31.8. The molecule has 1 aliphatic heterocycles. The molecule has 3 aromatic rings. The summed E-state index contributed by atoms with van der Waals surface area (Å²) in [4.78, 5) is 13.6. The standard InChI is InChI=1S/C31H37NO4.ClH/c1-23(30(34)35)24-14-16-25(17-15-24)29(33)13-8-20-32-21-18-28(19-22-32)31(36,26-9-4-2-5-10-26)27-11-6-3-7-12-27;/h2-7,9-12,14-17,23,28-29,33,36H,8,13,18-22H2,1H3,(H,34,35);1H. The first kappa shape index (κ1) is 28.9. The Bertz CT molecular complexity index is 1060. The van der Waals surface area contributed by atoms with Gasteiger partial charge in [0, 0.05) is 0 Å². The van der Waals surface area contributed by atoms with Crippen LogP contribution in [0.1, 0.15) is 66.9 Å². The zero-order valence-electron chi connectivity index (χ0n) is 21.4. The molecule has 2 atom stereocenters. The summed E-state index contributed by atoms with van der Waals surface area (Å²) in [6.07, 6.45) is 2.79. The monoisotopic (exact) mass is 523 g/mol. The number of halogens is 1. The van der Waals surface area contributed by atoms with E-state index in [2.05, 4.69) is 4.90 Å². The molecule has 0 aromatic heterocycles. The van der Waals surface area contributed by atoms with Crippen LogP contribution in [-0.2, 0) is 10.4 Å². The van der Waals surface area contributed by atoms with Crippen molar-refractivity contribution in [3.8, 4) is 0 Å². The summed E-state index contributed by atoms with van der Waals surface area (Å²) in [5.74, 6) is -1.27. The van der Waals surface area contributed by atoms with Gasteiger partial charge < -0.3 is 20.2 Å². The maximum absolute atomic E-state index is 12.0. The number of carboxylic acid groups (broad SMARTS) is 1. The Kier molecular flexibility index (Phi) is 10.3. The van der Waals surface area contributed by atoms with Crippen molar-refractivity contribution >= 4 is 18.4 Å². The summed E-state index contributed by atoms with van der Waals surface area (Å²) >= 11 is 0. The second-order valence-electron chi connectivity index (χ2n) is 10.00. The van der Waals surface area contributed by atoms with Crippen LogP contribution in [0.4, 0.5) is 0 Å². The number of rotatable bonds is 10. The van der Waals surface area contributed by atoms with Crippen LogP contribution in [0.25, 0.3) is 0 Å². The van der Waals surface area contributed by atoms with Gasteiger partial charge in [0.2, 0.25) is 0 Å². The van der Waals surface area contributed by atoms with E-state index in [1.165, 1.54) is 0 Å². The van der Waals surface area contributed by atoms with E-state index in [1.54, 1.807) is 19.1 Å². The van der Waals surface area contributed by atoms with Gasteiger partial charge in [0.1, 0.15) is 5.60 Å². The van der Waals surface area contributed by atoms with Crippen molar-refractivity contribution in [3.05, 3.63) is 107 Å². The first-order chi connectivity index (χ1) is 17.4. The third-order valence-electron chi connectivity index (χ3n) is 7.75. The molecule has 0 spiro atoms. The molecule has 4 rings (SSSR count). The molecule has 0 saturated carbocycles. The smallest absolute Gasteiger partial charge is 0.310 e. The van der Waals surface area contributed by atoms with Gasteiger partial charge in [-0.05, 0) is 80.4 Å². The van der Waals surface area contributed by atoms with Gasteiger partial charge in [-0.2, -0.15) is 0 Å². The molecule has 198 valence electrons. The number of aliphatic carboxylic acids is 1. The molecule has 0 radical (unpaired) electrons. The second-order valence-corrected chi connectivity index (χ2v) is 10.00. The van der Waals surface area contributed by atoms with E-state index in [-0.39, 0.29) is 18.3 Å². The number of benzene rings is 3. The summed E-state index contributed by atoms with van der Waals surface area (Å²) in [5.41, 5.74) is 2.45. The fourth-order valence-electron chi connectivity index (χ4n) is 5.42. The third-order valence-corrected chi connectivity index (χ3v) is 7.75. The molecule has 0 bridgehead atoms. The Hall–Kier alpha value is -2.70. The van der Waals surface area contributed by atoms with E-state index in [9.17, 15) is 15.0 Å². The number of carboxylic acids is 1. The molecular weight excluding hydrogens is 486 g/mol. The lowest BCUT2D eigenvalue weighted by Gasteiger charge is -2.42. The van der Waals surface area contributed by atoms with E-state index in [0.29, 0.717) is 6.42 Å². The zero-order valence-corrected chi connectivity index (χ0v) is 22.2. The Labute approximate surface area is 226 Å². The highest BCUT2D eigenvalue weighted by Gasteiger charge is 2.41. The number of hydrogen-bond acceptors (Lipinski definition) is 4. The molecule has 1 aliphatic rings. The minimum Gasteiger partial charge on any atom is -0.481 e. The average Bonchev–Trinajstić information content (AvgIpc) is 2.93. The molecule has 6 heteroatoms. The SMILES string of the molecule is CC(C(=O)O)c1ccc(C(O)CCCN2CCC(C(O)(c3ccccc3)c3ccccc3)CC2)cc1.Cl. The van der Waals surface area contributed by atoms with Gasteiger partial charge in [-0.1, -0.05) is 84.9 Å². The normalized spacial score (nSPS) is 16.5. The van der Waals surface area contributed by atoms with Crippen LogP contribution in [-0.4, -0.2) is 45.8 Å². The van der Waals surface area contributed by atoms with E-state index in [0.717, 1.165) is 61.2 Å². The second kappa shape index (κ2) is 13.2. The summed E-state index contributed by atoms with van der Waals surface area (Å²) in [6, 6.07) is 27.3. The molecule has 0 aliphatic carbocycles. The van der Waals surface area contributed by atoms with Gasteiger partial charge in [0.05, 0.1) is 12.0 Å². The van der Waals surface area contributed by atoms with E-state index in [1.807, 2.05) is 72.8 Å². The maximum atomic E-state index is 12.0. The van der Waals surface area contributed by atoms with Crippen LogP contribution in [0.5, 0.6) is 0 Å². The first-order valence-corrected chi connectivity index (χ1v) is 13.0. The molecule has 0 amide bonds. The zero-order chi connectivity index (χ0) is 25.5. The van der Waals surface area contributed by atoms with Crippen LogP contribution < -0.4 is 0 Å². The number of piperidine rings is 1. The van der Waals surface area contributed by atoms with Crippen molar-refractivity contribution in [2.24, 2.45) is 5.92 Å². The third kappa shape index (κ3) is 6.79. The lowest BCUT2D eigenvalue weighted by atomic mass is 9.72. The van der Waals surface area contributed by atoms with Crippen molar-refractivity contribution in [3.63, 3.8) is 0 Å². The number of aliphatic hydroxyl groups excluding tert-OH is 1. The molecule has 5 nitrogen and oxygen atoms in total. The Morgan fingerprint density at radius 1 is 0.892 bits per heavy atom. The minimum absolute atomic E-state index is 0. The largest absolute Gasteiger partial charge is 0.481 e. The Morgan fingerprint density at radius 2 is 1.38 bits per heavy atom. The van der Waals surface area contributed by atoms with Crippen molar-refractivity contribution in [1.29, 1.82) is 0 Å². The van der Waals surface area contributed by atoms with Crippen LogP contribution in [0.15, 0.2) is 84.9 Å². The van der Waals surface area contributed by atoms with Crippen molar-refractivity contribution < 1.29 is 20.1 Å². The van der Waals surface area contributed by atoms with Crippen LogP contribution >= 0.6 is 12.4 Å². The highest BCUT2D eigenvalue weighted by molar-refractivity contribution is 5.85. The molecule has 1 saturated heterocycles. The van der Waals surface area contributed by atoms with Gasteiger partial charge in [-0.25, -0.2) is 0 Å². The number of nitrogens with zero attached hydrogens (tertiary/aromatic N) is 1. The number of aliphatic hydroxyl groups is 2. The van der Waals surface area contributed by atoms with Crippen molar-refractivity contribution in [1.82, 2.24) is 4.90 Å². The van der Waals surface area contributed by atoms with E-state index >= 15 is 0 Å². The minimum atomic E-state index is -1.00. The summed E-state index contributed by atoms with van der Waals surface area (Å²) in [6.45, 7) is 4.42. The number of hydrogen-bond donors (Lipinski definition) is 3. The molecule has 37 heavy (non-hydrogen) atoms. The lowest BCUT2D eigenvalue weighted by molar-refractivity contribution is -0.138. The van der Waals surface area contributed by atoms with Gasteiger partial charge in [0.25, 0.3) is 0 Å². The fourth-order valence-corrected chi connectivity index (χ4v) is 5.42. The lowest BCUT2D eigenvalue weighted by Crippen LogP contribution is -2.44. The van der Waals surface area contributed by atoms with Gasteiger partial charge in [-0.3, -0.25) is 4.79 Å². The molecule has 2 unspecified atom stereocenters. The fraction of sp³-hybridized carbons (Fsp3) is 0.387. The number of carbonyl (C=O) groups is 1. The summed E-state index contributed by atoms with van der Waals surface area (Å²) < 4.78 is 0. The predicted molar refractivity (Wildman–Crippen MR) is 149 cm³/mol. The van der Waals surface area contributed by atoms with Crippen LogP contribution in [0, 0.1) is 5.92 Å². The maximum Gasteiger partial charge on any atom is 0.310 e. The summed E-state index contributed by atoms with van der Waals surface area (Å²) in [7, 11) is 0. The van der Waals surface area contributed by atoms with Gasteiger partial charge in [0.15, 0.2) is 0 Å². The molecule has 1 fully saturated rings. The average molecular weight is 524 g/mol. The molecule has 1 heterocycles. The highest BCUT2D eigenvalue weighted by Crippen LogP contribution is 2.42. The predicted octanol–water partition coefficient (Wildman–Crippen LogP) is 5.76. The van der Waals surface area contributed by atoms with Crippen molar-refractivity contribution in [2.45, 2.75) is 50.2 Å². The van der Waals surface area contributed by atoms with Gasteiger partial charge >= 0.3 is 5.97 Å². The van der Waals surface area contributed by atoms with E-state index in [4.69, 9.17) is 5.11 Å². The van der Waals surface area contributed by atoms with Gasteiger partial charge in [-0.15, -0.1) is 12.4 Å². The first-order valence-electron chi connectivity index (χ1n) is 13.0. The number of likely N-dealkylation sites (tertiary alicyclic amines) is 1. The van der Waals surface area contributed by atoms with Crippen LogP contribution in [0.3, 0.4) is 0 Å². The Morgan fingerprint density at radius 3 is 1.86 bits per heavy atom. The quantitative estimate of drug-likeness (QED) is 0.315. The van der Waals surface area contributed by atoms with Crippen molar-refractivity contribution in [2.75, 3.05) is 19.6 Å². The Balaban J connectivity index is 0.00000380. The highest BCUT2D eigenvalue weighted by atomic mass is 35.5. The van der Waals surface area contributed by atoms with Crippen LogP contribution in [0.2, 0.25) is 0 Å². The molecular formula is C31H38ClNO4. The molecule has 3 aromatic carbocycles. The van der Waals surface area contributed by atoms with E-state index < -0.39 is 23.6 Å². The topological polar surface area (TPSA) is 81.0 Å². The molecule has 3 N–H and O–H groups in total.